The Kier molecular flexibility index (Phi) is 6.36. The highest BCUT2D eigenvalue weighted by Crippen LogP contribution is 2.15. The number of amides is 1. The zero-order chi connectivity index (χ0) is 20.9. The van der Waals surface area contributed by atoms with Crippen LogP contribution < -0.4 is 10.6 Å². The van der Waals surface area contributed by atoms with Crippen molar-refractivity contribution in [1.29, 1.82) is 0 Å². The van der Waals surface area contributed by atoms with Crippen molar-refractivity contribution in [3.8, 4) is 5.82 Å². The zero-order valence-corrected chi connectivity index (χ0v) is 17.4. The molecule has 3 heterocycles. The fraction of sp³-hybridized carbons (Fsp3) is 0.500. The Balaban J connectivity index is 1.55. The molecule has 0 atom stereocenters. The molecule has 1 fully saturated rings. The normalized spacial score (nSPS) is 15.0. The van der Waals surface area contributed by atoms with Crippen LogP contribution in [0.15, 0.2) is 42.0 Å². The van der Waals surface area contributed by atoms with Crippen molar-refractivity contribution in [3.05, 3.63) is 42.6 Å². The molecule has 0 saturated carbocycles. The summed E-state index contributed by atoms with van der Waals surface area (Å²) in [5.74, 6) is 1.53. The monoisotopic (exact) mass is 399 g/mol. The van der Waals surface area contributed by atoms with Gasteiger partial charge in [-0.1, -0.05) is 0 Å². The van der Waals surface area contributed by atoms with Crippen LogP contribution in [0.4, 0.5) is 4.79 Å². The molecule has 0 unspecified atom stereocenters. The minimum atomic E-state index is -0.480. The molecular weight excluding hydrogens is 370 g/mol. The highest BCUT2D eigenvalue weighted by atomic mass is 16.6. The van der Waals surface area contributed by atoms with E-state index in [9.17, 15) is 4.79 Å². The second kappa shape index (κ2) is 8.93. The second-order valence-corrected chi connectivity index (χ2v) is 7.91. The van der Waals surface area contributed by atoms with E-state index in [0.29, 0.717) is 19.6 Å². The van der Waals surface area contributed by atoms with Crippen LogP contribution in [0, 0.1) is 0 Å². The van der Waals surface area contributed by atoms with E-state index in [1.807, 2.05) is 50.6 Å². The number of nitrogens with zero attached hydrogens (tertiary/aromatic N) is 5. The molecule has 0 aromatic carbocycles. The lowest BCUT2D eigenvalue weighted by atomic mass is 10.1. The lowest BCUT2D eigenvalue weighted by Crippen LogP contribution is -2.63. The summed E-state index contributed by atoms with van der Waals surface area (Å²) < 4.78 is 7.25. The molecular formula is C20H29N7O2. The average molecular weight is 399 g/mol. The molecule has 2 N–H and O–H groups in total. The molecule has 0 bridgehead atoms. The summed E-state index contributed by atoms with van der Waals surface area (Å²) in [5, 5.41) is 6.62. The third-order valence-electron chi connectivity index (χ3n) is 4.22. The predicted octanol–water partition coefficient (Wildman–Crippen LogP) is 1.94. The van der Waals surface area contributed by atoms with Gasteiger partial charge in [-0.2, -0.15) is 0 Å². The molecule has 0 spiro atoms. The number of guanidine groups is 1. The van der Waals surface area contributed by atoms with Gasteiger partial charge in [-0.05, 0) is 45.4 Å². The number of carbonyl (C=O) groups is 1. The molecule has 2 aromatic rings. The molecule has 1 aliphatic rings. The van der Waals surface area contributed by atoms with E-state index >= 15 is 0 Å². The summed E-state index contributed by atoms with van der Waals surface area (Å²) in [7, 11) is 0. The summed E-state index contributed by atoms with van der Waals surface area (Å²) in [6.07, 6.45) is 6.79. The van der Waals surface area contributed by atoms with Gasteiger partial charge in [-0.3, -0.25) is 4.57 Å². The van der Waals surface area contributed by atoms with Gasteiger partial charge in [0.05, 0.1) is 12.6 Å². The SMILES string of the molecule is CCNC(=NCc1ccnc(-n2ccnc2)c1)NC1CN(C(=O)OC(C)(C)C)C1. The highest BCUT2D eigenvalue weighted by molar-refractivity contribution is 5.80. The molecule has 1 saturated heterocycles. The molecule has 1 aliphatic heterocycles. The molecule has 0 aliphatic carbocycles. The third-order valence-corrected chi connectivity index (χ3v) is 4.22. The van der Waals surface area contributed by atoms with Gasteiger partial charge in [0.1, 0.15) is 17.7 Å². The summed E-state index contributed by atoms with van der Waals surface area (Å²) >= 11 is 0. The number of imidazole rings is 1. The number of rotatable bonds is 5. The van der Waals surface area contributed by atoms with E-state index in [1.54, 1.807) is 23.6 Å². The minimum absolute atomic E-state index is 0.152. The van der Waals surface area contributed by atoms with Crippen molar-refractivity contribution in [2.75, 3.05) is 19.6 Å². The number of aromatic nitrogens is 3. The first-order valence-corrected chi connectivity index (χ1v) is 9.80. The Morgan fingerprint density at radius 1 is 1.34 bits per heavy atom. The number of likely N-dealkylation sites (tertiary alicyclic amines) is 1. The van der Waals surface area contributed by atoms with Crippen LogP contribution in [0.2, 0.25) is 0 Å². The lowest BCUT2D eigenvalue weighted by molar-refractivity contribution is 0.00701. The average Bonchev–Trinajstić information content (AvgIpc) is 3.15. The lowest BCUT2D eigenvalue weighted by Gasteiger charge is -2.40. The number of hydrogen-bond donors (Lipinski definition) is 2. The maximum Gasteiger partial charge on any atom is 0.410 e. The molecule has 3 rings (SSSR count). The van der Waals surface area contributed by atoms with Crippen LogP contribution in [-0.2, 0) is 11.3 Å². The largest absolute Gasteiger partial charge is 0.444 e. The summed E-state index contributed by atoms with van der Waals surface area (Å²) in [4.78, 5) is 26.8. The van der Waals surface area contributed by atoms with Gasteiger partial charge in [0, 0.05) is 38.2 Å². The van der Waals surface area contributed by atoms with E-state index in [0.717, 1.165) is 23.9 Å². The van der Waals surface area contributed by atoms with E-state index in [2.05, 4.69) is 25.6 Å². The van der Waals surface area contributed by atoms with E-state index in [4.69, 9.17) is 4.74 Å². The van der Waals surface area contributed by atoms with E-state index in [1.165, 1.54) is 0 Å². The van der Waals surface area contributed by atoms with E-state index < -0.39 is 5.60 Å². The molecule has 9 nitrogen and oxygen atoms in total. The topological polar surface area (TPSA) is 96.7 Å². The Labute approximate surface area is 171 Å². The van der Waals surface area contributed by atoms with Crippen LogP contribution >= 0.6 is 0 Å². The Morgan fingerprint density at radius 3 is 2.79 bits per heavy atom. The molecule has 9 heteroatoms. The van der Waals surface area contributed by atoms with Crippen molar-refractivity contribution < 1.29 is 9.53 Å². The zero-order valence-electron chi connectivity index (χ0n) is 17.4. The van der Waals surface area contributed by atoms with Gasteiger partial charge in [0.25, 0.3) is 0 Å². The Morgan fingerprint density at radius 2 is 2.14 bits per heavy atom. The van der Waals surface area contributed by atoms with Gasteiger partial charge < -0.3 is 20.3 Å². The fourth-order valence-electron chi connectivity index (χ4n) is 2.82. The summed E-state index contributed by atoms with van der Waals surface area (Å²) in [6.45, 7) is 10.1. The first-order valence-electron chi connectivity index (χ1n) is 9.80. The number of ether oxygens (including phenoxy) is 1. The van der Waals surface area contributed by atoms with Crippen molar-refractivity contribution in [2.45, 2.75) is 45.9 Å². The van der Waals surface area contributed by atoms with Gasteiger partial charge in [0.15, 0.2) is 5.96 Å². The van der Waals surface area contributed by atoms with Gasteiger partial charge >= 0.3 is 6.09 Å². The summed E-state index contributed by atoms with van der Waals surface area (Å²) in [5.41, 5.74) is 0.566. The number of hydrogen-bond acceptors (Lipinski definition) is 5. The Hall–Kier alpha value is -3.10. The first kappa shape index (κ1) is 20.6. The van der Waals surface area contributed by atoms with Crippen LogP contribution in [0.3, 0.4) is 0 Å². The summed E-state index contributed by atoms with van der Waals surface area (Å²) in [6, 6.07) is 4.09. The number of nitrogens with one attached hydrogen (secondary N) is 2. The number of carbonyl (C=O) groups excluding carboxylic acids is 1. The molecule has 0 radical (unpaired) electrons. The van der Waals surface area contributed by atoms with Crippen LogP contribution in [-0.4, -0.2) is 62.8 Å². The molecule has 2 aromatic heterocycles. The third kappa shape index (κ3) is 5.94. The Bertz CT molecular complexity index is 837. The number of aliphatic imine (C=N–C) groups is 1. The smallest absolute Gasteiger partial charge is 0.410 e. The van der Waals surface area contributed by atoms with E-state index in [-0.39, 0.29) is 12.1 Å². The highest BCUT2D eigenvalue weighted by Gasteiger charge is 2.34. The maximum atomic E-state index is 12.1. The fourth-order valence-corrected chi connectivity index (χ4v) is 2.82. The van der Waals surface area contributed by atoms with Crippen molar-refractivity contribution in [1.82, 2.24) is 30.1 Å². The van der Waals surface area contributed by atoms with Crippen LogP contribution in [0.1, 0.15) is 33.3 Å². The standard InChI is InChI=1S/C20H29N7O2/c1-5-22-18(25-16-12-27(13-16)19(28)29-20(2,3)4)24-11-15-6-7-23-17(10-15)26-9-8-21-14-26/h6-10,14,16H,5,11-13H2,1-4H3,(H2,22,24,25). The van der Waals surface area contributed by atoms with Gasteiger partial charge in [0.2, 0.25) is 0 Å². The second-order valence-electron chi connectivity index (χ2n) is 7.91. The van der Waals surface area contributed by atoms with Crippen LogP contribution in [0.5, 0.6) is 0 Å². The first-order chi connectivity index (χ1) is 13.8. The van der Waals surface area contributed by atoms with Crippen molar-refractivity contribution in [3.63, 3.8) is 0 Å². The maximum absolute atomic E-state index is 12.1. The van der Waals surface area contributed by atoms with Crippen LogP contribution in [0.25, 0.3) is 5.82 Å². The quantitative estimate of drug-likeness (QED) is 0.589. The molecule has 1 amide bonds. The van der Waals surface area contributed by atoms with Gasteiger partial charge in [-0.25, -0.2) is 19.8 Å². The molecule has 156 valence electrons. The number of pyridine rings is 1. The molecule has 29 heavy (non-hydrogen) atoms. The van der Waals surface area contributed by atoms with Crippen molar-refractivity contribution in [2.24, 2.45) is 4.99 Å². The van der Waals surface area contributed by atoms with Crippen molar-refractivity contribution >= 4 is 12.1 Å². The minimum Gasteiger partial charge on any atom is -0.444 e. The van der Waals surface area contributed by atoms with Gasteiger partial charge in [-0.15, -0.1) is 0 Å². The predicted molar refractivity (Wildman–Crippen MR) is 111 cm³/mol.